The molecule has 2 aromatic carbocycles. The lowest BCUT2D eigenvalue weighted by Gasteiger charge is -2.32. The molecule has 1 aromatic heterocycles. The Balaban J connectivity index is 1.71. The number of benzene rings is 2. The third kappa shape index (κ3) is 3.34. The highest BCUT2D eigenvalue weighted by Gasteiger charge is 2.51. The third-order valence-electron chi connectivity index (χ3n) is 5.37. The maximum absolute atomic E-state index is 13.4. The van der Waals surface area contributed by atoms with Gasteiger partial charge in [-0.3, -0.25) is 0 Å². The van der Waals surface area contributed by atoms with E-state index in [9.17, 15) is 4.39 Å². The van der Waals surface area contributed by atoms with Gasteiger partial charge in [-0.2, -0.15) is 0 Å². The summed E-state index contributed by atoms with van der Waals surface area (Å²) in [5.74, 6) is 0.119. The van der Waals surface area contributed by atoms with E-state index in [2.05, 4.69) is 15.3 Å². The van der Waals surface area contributed by atoms with Crippen molar-refractivity contribution < 1.29 is 13.7 Å². The highest BCUT2D eigenvalue weighted by molar-refractivity contribution is 6.62. The second kappa shape index (κ2) is 6.69. The molecule has 3 aromatic rings. The number of fused-ring (bicyclic) bond motifs is 1. The molecule has 1 aliphatic heterocycles. The Morgan fingerprint density at radius 2 is 1.71 bits per heavy atom. The molecule has 0 spiro atoms. The van der Waals surface area contributed by atoms with Crippen molar-refractivity contribution in [3.63, 3.8) is 0 Å². The summed E-state index contributed by atoms with van der Waals surface area (Å²) in [4.78, 5) is 8.66. The molecule has 0 bridgehead atoms. The molecule has 4 rings (SSSR count). The van der Waals surface area contributed by atoms with E-state index < -0.39 is 24.1 Å². The van der Waals surface area contributed by atoms with Crippen LogP contribution in [0.4, 0.5) is 15.9 Å². The third-order valence-corrected chi connectivity index (χ3v) is 5.66. The average molecular weight is 400 g/mol. The van der Waals surface area contributed by atoms with Crippen molar-refractivity contribution in [1.82, 2.24) is 9.97 Å². The van der Waals surface area contributed by atoms with Crippen LogP contribution < -0.4 is 10.8 Å². The quantitative estimate of drug-likeness (QED) is 0.659. The average Bonchev–Trinajstić information content (AvgIpc) is 2.86. The molecule has 0 amide bonds. The van der Waals surface area contributed by atoms with Crippen LogP contribution in [-0.4, -0.2) is 28.3 Å². The lowest BCUT2D eigenvalue weighted by Crippen LogP contribution is -2.41. The molecule has 2 heterocycles. The zero-order valence-corrected chi connectivity index (χ0v) is 16.8. The second-order valence-corrected chi connectivity index (χ2v) is 8.25. The van der Waals surface area contributed by atoms with Gasteiger partial charge in [0.25, 0.3) is 0 Å². The van der Waals surface area contributed by atoms with Crippen molar-refractivity contribution >= 4 is 46.6 Å². The van der Waals surface area contributed by atoms with Gasteiger partial charge in [-0.1, -0.05) is 17.7 Å². The van der Waals surface area contributed by atoms with Gasteiger partial charge in [0, 0.05) is 11.1 Å². The van der Waals surface area contributed by atoms with E-state index in [1.54, 1.807) is 6.07 Å². The number of anilines is 2. The molecular weight excluding hydrogens is 380 g/mol. The highest BCUT2D eigenvalue weighted by atomic mass is 35.5. The van der Waals surface area contributed by atoms with Crippen LogP contribution in [0, 0.1) is 5.82 Å². The second-order valence-electron chi connectivity index (χ2n) is 7.84. The molecule has 28 heavy (non-hydrogen) atoms. The molecule has 0 unspecified atom stereocenters. The topological polar surface area (TPSA) is 56.3 Å². The van der Waals surface area contributed by atoms with Crippen molar-refractivity contribution in [3.05, 3.63) is 53.6 Å². The number of hydrogen-bond acceptors (Lipinski definition) is 5. The van der Waals surface area contributed by atoms with E-state index in [4.69, 9.17) is 20.9 Å². The van der Waals surface area contributed by atoms with Crippen molar-refractivity contribution in [2.24, 2.45) is 0 Å². The van der Waals surface area contributed by atoms with Gasteiger partial charge in [0.2, 0.25) is 0 Å². The van der Waals surface area contributed by atoms with Crippen LogP contribution in [0.2, 0.25) is 5.02 Å². The first-order valence-corrected chi connectivity index (χ1v) is 9.36. The maximum atomic E-state index is 13.4. The fourth-order valence-electron chi connectivity index (χ4n) is 3.01. The molecule has 1 saturated heterocycles. The van der Waals surface area contributed by atoms with Crippen molar-refractivity contribution in [3.8, 4) is 0 Å². The molecule has 1 N–H and O–H groups in total. The van der Waals surface area contributed by atoms with E-state index >= 15 is 0 Å². The van der Waals surface area contributed by atoms with E-state index in [1.165, 1.54) is 18.5 Å². The number of nitrogens with one attached hydrogen (secondary N) is 1. The molecule has 144 valence electrons. The summed E-state index contributed by atoms with van der Waals surface area (Å²) in [5, 5.41) is 4.03. The number of hydrogen-bond donors (Lipinski definition) is 1. The SMILES string of the molecule is CC1(C)OB(c2ccc3ncnc(Nc4ccc(F)c(Cl)c4)c3c2)OC1(C)C. The van der Waals surface area contributed by atoms with Crippen LogP contribution in [0.15, 0.2) is 42.7 Å². The van der Waals surface area contributed by atoms with Crippen LogP contribution in [0.1, 0.15) is 27.7 Å². The van der Waals surface area contributed by atoms with E-state index in [0.29, 0.717) is 11.5 Å². The Hall–Kier alpha value is -2.22. The van der Waals surface area contributed by atoms with Crippen LogP contribution >= 0.6 is 11.6 Å². The predicted octanol–water partition coefficient (Wildman–Crippen LogP) is 4.47. The Morgan fingerprint density at radius 3 is 2.39 bits per heavy atom. The van der Waals surface area contributed by atoms with Gasteiger partial charge in [0.1, 0.15) is 18.0 Å². The summed E-state index contributed by atoms with van der Waals surface area (Å²) in [6.07, 6.45) is 1.48. The standard InChI is InChI=1S/C20H20BClFN3O2/c1-19(2)20(3,4)28-21(27-19)12-5-8-17-14(9-12)18(25-11-24-17)26-13-6-7-16(23)15(22)10-13/h5-11H,1-4H3,(H,24,25,26). The summed E-state index contributed by atoms with van der Waals surface area (Å²) in [5.41, 5.74) is 1.43. The summed E-state index contributed by atoms with van der Waals surface area (Å²) >= 11 is 5.88. The molecule has 1 aliphatic rings. The molecule has 0 atom stereocenters. The fraction of sp³-hybridized carbons (Fsp3) is 0.300. The molecular formula is C20H20BClFN3O2. The number of rotatable bonds is 3. The molecule has 1 fully saturated rings. The Bertz CT molecular complexity index is 1040. The number of aromatic nitrogens is 2. The smallest absolute Gasteiger partial charge is 0.399 e. The molecule has 5 nitrogen and oxygen atoms in total. The minimum atomic E-state index is -0.484. The van der Waals surface area contributed by atoms with E-state index in [-0.39, 0.29) is 5.02 Å². The van der Waals surface area contributed by atoms with Crippen LogP contribution in [-0.2, 0) is 9.31 Å². The zero-order chi connectivity index (χ0) is 20.1. The van der Waals surface area contributed by atoms with Crippen LogP contribution in [0.3, 0.4) is 0 Å². The van der Waals surface area contributed by atoms with Gasteiger partial charge in [0.15, 0.2) is 0 Å². The number of nitrogens with zero attached hydrogens (tertiary/aromatic N) is 2. The first kappa shape index (κ1) is 19.1. The summed E-state index contributed by atoms with van der Waals surface area (Å²) in [6.45, 7) is 8.07. The van der Waals surface area contributed by atoms with Gasteiger partial charge >= 0.3 is 7.12 Å². The summed E-state index contributed by atoms with van der Waals surface area (Å²) < 4.78 is 25.7. The first-order chi connectivity index (χ1) is 13.2. The molecule has 0 radical (unpaired) electrons. The van der Waals surface area contributed by atoms with E-state index in [0.717, 1.165) is 16.4 Å². The van der Waals surface area contributed by atoms with Crippen LogP contribution in [0.5, 0.6) is 0 Å². The van der Waals surface area contributed by atoms with Crippen molar-refractivity contribution in [2.75, 3.05) is 5.32 Å². The first-order valence-electron chi connectivity index (χ1n) is 8.99. The fourth-order valence-corrected chi connectivity index (χ4v) is 3.19. The normalized spacial score (nSPS) is 17.9. The molecule has 0 aliphatic carbocycles. The highest BCUT2D eigenvalue weighted by Crippen LogP contribution is 2.36. The Morgan fingerprint density at radius 1 is 1.00 bits per heavy atom. The van der Waals surface area contributed by atoms with Crippen molar-refractivity contribution in [1.29, 1.82) is 0 Å². The van der Waals surface area contributed by atoms with Gasteiger partial charge in [0.05, 0.1) is 21.7 Å². The summed E-state index contributed by atoms with van der Waals surface area (Å²) in [6, 6.07) is 10.2. The minimum Gasteiger partial charge on any atom is -0.399 e. The van der Waals surface area contributed by atoms with Crippen LogP contribution in [0.25, 0.3) is 10.9 Å². The van der Waals surface area contributed by atoms with E-state index in [1.807, 2.05) is 45.9 Å². The lowest BCUT2D eigenvalue weighted by molar-refractivity contribution is 0.00578. The number of halogens is 2. The van der Waals surface area contributed by atoms with Gasteiger partial charge in [-0.25, -0.2) is 14.4 Å². The largest absolute Gasteiger partial charge is 0.494 e. The monoisotopic (exact) mass is 399 g/mol. The Kier molecular flexibility index (Phi) is 4.57. The molecule has 8 heteroatoms. The predicted molar refractivity (Wildman–Crippen MR) is 110 cm³/mol. The minimum absolute atomic E-state index is 0.0428. The zero-order valence-electron chi connectivity index (χ0n) is 16.1. The van der Waals surface area contributed by atoms with Gasteiger partial charge < -0.3 is 14.6 Å². The van der Waals surface area contributed by atoms with Crippen molar-refractivity contribution in [2.45, 2.75) is 38.9 Å². The maximum Gasteiger partial charge on any atom is 0.494 e. The lowest BCUT2D eigenvalue weighted by atomic mass is 9.78. The Labute approximate surface area is 168 Å². The summed E-state index contributed by atoms with van der Waals surface area (Å²) in [7, 11) is -0.484. The molecule has 0 saturated carbocycles. The van der Waals surface area contributed by atoms with Gasteiger partial charge in [-0.15, -0.1) is 0 Å². The van der Waals surface area contributed by atoms with Gasteiger partial charge in [-0.05, 0) is 63.5 Å².